The molecule has 1 heterocycles. The third-order valence-corrected chi connectivity index (χ3v) is 4.62. The number of hydrogen-bond acceptors (Lipinski definition) is 5. The van der Waals surface area contributed by atoms with Gasteiger partial charge in [-0.1, -0.05) is 31.2 Å². The molecule has 1 N–H and O–H groups in total. The van der Waals surface area contributed by atoms with Gasteiger partial charge in [0.2, 0.25) is 11.8 Å². The van der Waals surface area contributed by atoms with Crippen molar-refractivity contribution in [2.24, 2.45) is 11.0 Å². The summed E-state index contributed by atoms with van der Waals surface area (Å²) in [5, 5.41) is 14.6. The van der Waals surface area contributed by atoms with Crippen LogP contribution in [0.5, 0.6) is 0 Å². The van der Waals surface area contributed by atoms with Gasteiger partial charge in [-0.25, -0.2) is 5.43 Å². The number of non-ortho nitro benzene ring substituents is 1. The number of nitrogens with zero attached hydrogens (tertiary/aromatic N) is 3. The Morgan fingerprint density at radius 3 is 2.75 bits per heavy atom. The summed E-state index contributed by atoms with van der Waals surface area (Å²) in [6.45, 7) is 2.35. The van der Waals surface area contributed by atoms with Crippen LogP contribution in [0.15, 0.2) is 53.6 Å². The van der Waals surface area contributed by atoms with E-state index in [0.717, 1.165) is 12.1 Å². The number of rotatable bonds is 6. The Morgan fingerprint density at radius 1 is 1.32 bits per heavy atom. The molecular formula is C20H20N4O4. The van der Waals surface area contributed by atoms with E-state index in [-0.39, 0.29) is 23.9 Å². The maximum Gasteiger partial charge on any atom is 0.270 e. The summed E-state index contributed by atoms with van der Waals surface area (Å²) < 4.78 is 0. The third kappa shape index (κ3) is 4.40. The molecule has 8 nitrogen and oxygen atoms in total. The molecule has 1 saturated heterocycles. The molecule has 2 amide bonds. The number of hydrazone groups is 1. The monoisotopic (exact) mass is 380 g/mol. The number of aryl methyl sites for hydroxylation is 1. The zero-order valence-electron chi connectivity index (χ0n) is 15.4. The second-order valence-corrected chi connectivity index (χ2v) is 6.51. The molecule has 0 saturated carbocycles. The average Bonchev–Trinajstić information content (AvgIpc) is 3.10. The Bertz CT molecular complexity index is 924. The van der Waals surface area contributed by atoms with E-state index in [9.17, 15) is 19.7 Å². The molecule has 144 valence electrons. The van der Waals surface area contributed by atoms with Crippen LogP contribution < -0.4 is 10.3 Å². The highest BCUT2D eigenvalue weighted by Crippen LogP contribution is 2.25. The fourth-order valence-corrected chi connectivity index (χ4v) is 3.02. The van der Waals surface area contributed by atoms with Crippen LogP contribution in [0.1, 0.15) is 24.5 Å². The average molecular weight is 380 g/mol. The summed E-state index contributed by atoms with van der Waals surface area (Å²) in [7, 11) is 0. The van der Waals surface area contributed by atoms with Crippen molar-refractivity contribution in [3.63, 3.8) is 0 Å². The van der Waals surface area contributed by atoms with Crippen LogP contribution in [0, 0.1) is 16.0 Å². The summed E-state index contributed by atoms with van der Waals surface area (Å²) in [5.41, 5.74) is 4.81. The Balaban J connectivity index is 1.60. The largest absolute Gasteiger partial charge is 0.312 e. The minimum atomic E-state index is -0.499. The van der Waals surface area contributed by atoms with Gasteiger partial charge in [0.1, 0.15) is 0 Å². The molecular weight excluding hydrogens is 360 g/mol. The molecule has 1 fully saturated rings. The Morgan fingerprint density at radius 2 is 2.07 bits per heavy atom. The van der Waals surface area contributed by atoms with Crippen LogP contribution in [0.2, 0.25) is 0 Å². The van der Waals surface area contributed by atoms with Gasteiger partial charge >= 0.3 is 0 Å². The SMILES string of the molecule is CCc1ccc(N2CC(C(=O)N/N=C/c3cccc([N+](=O)[O-])c3)CC2=O)cc1. The minimum absolute atomic E-state index is 0.0543. The first-order valence-electron chi connectivity index (χ1n) is 8.94. The van der Waals surface area contributed by atoms with E-state index in [1.54, 1.807) is 17.0 Å². The summed E-state index contributed by atoms with van der Waals surface area (Å²) in [6.07, 6.45) is 2.37. The number of benzene rings is 2. The van der Waals surface area contributed by atoms with Crippen molar-refractivity contribution < 1.29 is 14.5 Å². The van der Waals surface area contributed by atoms with Gasteiger partial charge in [0.05, 0.1) is 17.1 Å². The van der Waals surface area contributed by atoms with Gasteiger partial charge in [-0.2, -0.15) is 5.10 Å². The van der Waals surface area contributed by atoms with Gasteiger partial charge in [0.25, 0.3) is 5.69 Å². The van der Waals surface area contributed by atoms with Crippen molar-refractivity contribution in [2.45, 2.75) is 19.8 Å². The lowest BCUT2D eigenvalue weighted by Crippen LogP contribution is -2.30. The van der Waals surface area contributed by atoms with E-state index in [1.165, 1.54) is 23.9 Å². The smallest absolute Gasteiger partial charge is 0.270 e. The maximum absolute atomic E-state index is 12.3. The normalized spacial score (nSPS) is 16.5. The van der Waals surface area contributed by atoms with E-state index in [0.29, 0.717) is 12.1 Å². The Labute approximate surface area is 162 Å². The zero-order chi connectivity index (χ0) is 20.1. The van der Waals surface area contributed by atoms with Crippen molar-refractivity contribution in [2.75, 3.05) is 11.4 Å². The van der Waals surface area contributed by atoms with Crippen LogP contribution >= 0.6 is 0 Å². The lowest BCUT2D eigenvalue weighted by Gasteiger charge is -2.16. The number of amides is 2. The van der Waals surface area contributed by atoms with Crippen molar-refractivity contribution in [1.29, 1.82) is 0 Å². The molecule has 1 atom stereocenters. The topological polar surface area (TPSA) is 105 Å². The van der Waals surface area contributed by atoms with E-state index in [2.05, 4.69) is 17.5 Å². The molecule has 1 aliphatic rings. The second-order valence-electron chi connectivity index (χ2n) is 6.51. The van der Waals surface area contributed by atoms with Crippen molar-refractivity contribution in [3.05, 3.63) is 69.8 Å². The van der Waals surface area contributed by atoms with Crippen LogP contribution in [-0.2, 0) is 16.0 Å². The number of carbonyl (C=O) groups is 2. The van der Waals surface area contributed by atoms with Gasteiger partial charge in [0, 0.05) is 36.3 Å². The highest BCUT2D eigenvalue weighted by atomic mass is 16.6. The second kappa shape index (κ2) is 8.43. The van der Waals surface area contributed by atoms with Gasteiger partial charge in [-0.3, -0.25) is 19.7 Å². The van der Waals surface area contributed by atoms with Gasteiger partial charge in [0.15, 0.2) is 0 Å². The molecule has 0 aromatic heterocycles. The van der Waals surface area contributed by atoms with Crippen LogP contribution in [0.4, 0.5) is 11.4 Å². The minimum Gasteiger partial charge on any atom is -0.312 e. The van der Waals surface area contributed by atoms with E-state index in [4.69, 9.17) is 0 Å². The first-order valence-corrected chi connectivity index (χ1v) is 8.94. The number of nitrogens with one attached hydrogen (secondary N) is 1. The highest BCUT2D eigenvalue weighted by Gasteiger charge is 2.35. The van der Waals surface area contributed by atoms with Crippen molar-refractivity contribution >= 4 is 29.4 Å². The predicted molar refractivity (Wildman–Crippen MR) is 105 cm³/mol. The number of nitro groups is 1. The van der Waals surface area contributed by atoms with E-state index in [1.807, 2.05) is 24.3 Å². The molecule has 2 aromatic carbocycles. The summed E-state index contributed by atoms with van der Waals surface area (Å²) in [6, 6.07) is 13.6. The first-order chi connectivity index (χ1) is 13.5. The third-order valence-electron chi connectivity index (χ3n) is 4.62. The molecule has 1 aliphatic heterocycles. The lowest BCUT2D eigenvalue weighted by molar-refractivity contribution is -0.384. The summed E-state index contributed by atoms with van der Waals surface area (Å²) in [5.74, 6) is -0.963. The number of carbonyl (C=O) groups excluding carboxylic acids is 2. The molecule has 0 aliphatic carbocycles. The van der Waals surface area contributed by atoms with Crippen molar-refractivity contribution in [1.82, 2.24) is 5.43 Å². The number of hydrogen-bond donors (Lipinski definition) is 1. The molecule has 2 aromatic rings. The molecule has 0 bridgehead atoms. The van der Waals surface area contributed by atoms with Crippen molar-refractivity contribution in [3.8, 4) is 0 Å². The van der Waals surface area contributed by atoms with Crippen LogP contribution in [0.3, 0.4) is 0 Å². The molecule has 0 spiro atoms. The molecule has 8 heteroatoms. The lowest BCUT2D eigenvalue weighted by atomic mass is 10.1. The fourth-order valence-electron chi connectivity index (χ4n) is 3.02. The van der Waals surface area contributed by atoms with Crippen LogP contribution in [-0.4, -0.2) is 29.5 Å². The highest BCUT2D eigenvalue weighted by molar-refractivity contribution is 6.00. The zero-order valence-corrected chi connectivity index (χ0v) is 15.4. The quantitative estimate of drug-likeness (QED) is 0.472. The van der Waals surface area contributed by atoms with E-state index < -0.39 is 10.8 Å². The molecule has 1 unspecified atom stereocenters. The van der Waals surface area contributed by atoms with Gasteiger partial charge in [-0.15, -0.1) is 0 Å². The fraction of sp³-hybridized carbons (Fsp3) is 0.250. The van der Waals surface area contributed by atoms with Gasteiger partial charge in [-0.05, 0) is 24.1 Å². The molecule has 3 rings (SSSR count). The Hall–Kier alpha value is -3.55. The Kier molecular flexibility index (Phi) is 5.78. The molecule has 0 radical (unpaired) electrons. The number of nitro benzene ring substituents is 1. The standard InChI is InChI=1S/C20H20N4O4/c1-2-14-6-8-17(9-7-14)23-13-16(11-19(23)25)20(26)22-21-12-15-4-3-5-18(10-15)24(27)28/h3-10,12,16H,2,11,13H2,1H3,(H,22,26)/b21-12+. The maximum atomic E-state index is 12.3. The first kappa shape index (κ1) is 19.2. The van der Waals surface area contributed by atoms with E-state index >= 15 is 0 Å². The summed E-state index contributed by atoms with van der Waals surface area (Å²) in [4.78, 5) is 36.5. The predicted octanol–water partition coefficient (Wildman–Crippen LogP) is 2.66. The number of anilines is 1. The van der Waals surface area contributed by atoms with Gasteiger partial charge < -0.3 is 4.90 Å². The van der Waals surface area contributed by atoms with Crippen LogP contribution in [0.25, 0.3) is 0 Å². The summed E-state index contributed by atoms with van der Waals surface area (Å²) >= 11 is 0. The molecule has 28 heavy (non-hydrogen) atoms.